The van der Waals surface area contributed by atoms with Crippen LogP contribution < -0.4 is 0 Å². The summed E-state index contributed by atoms with van der Waals surface area (Å²) in [6.07, 6.45) is 9.54. The maximum Gasteiger partial charge on any atom is 0.256 e. The molecule has 1 amide bonds. The topological polar surface area (TPSA) is 60.2 Å². The zero-order chi connectivity index (χ0) is 17.6. The van der Waals surface area contributed by atoms with E-state index in [1.807, 2.05) is 35.7 Å². The van der Waals surface area contributed by atoms with Crippen LogP contribution in [-0.2, 0) is 11.3 Å². The van der Waals surface area contributed by atoms with Gasteiger partial charge in [-0.05, 0) is 31.2 Å². The van der Waals surface area contributed by atoms with Crippen molar-refractivity contribution in [3.8, 4) is 0 Å². The van der Waals surface area contributed by atoms with Gasteiger partial charge in [0.1, 0.15) is 10.9 Å². The van der Waals surface area contributed by atoms with E-state index in [1.54, 1.807) is 13.3 Å². The highest BCUT2D eigenvalue weighted by atomic mass is 32.2. The SMILES string of the molecule is COCCn1ccnc1C1CCCN(C(=O)c2cccnc2SC)C1. The van der Waals surface area contributed by atoms with Gasteiger partial charge in [-0.2, -0.15) is 0 Å². The minimum atomic E-state index is 0.0668. The Morgan fingerprint density at radius 1 is 1.40 bits per heavy atom. The number of aromatic nitrogens is 3. The molecule has 3 rings (SSSR count). The van der Waals surface area contributed by atoms with Crippen LogP contribution in [0.15, 0.2) is 35.7 Å². The molecule has 2 aromatic heterocycles. The minimum absolute atomic E-state index is 0.0668. The van der Waals surface area contributed by atoms with Gasteiger partial charge >= 0.3 is 0 Å². The number of pyridine rings is 1. The molecule has 2 aromatic rings. The van der Waals surface area contributed by atoms with Crippen molar-refractivity contribution in [2.75, 3.05) is 33.1 Å². The van der Waals surface area contributed by atoms with Crippen LogP contribution in [0.5, 0.6) is 0 Å². The fourth-order valence-corrected chi connectivity index (χ4v) is 3.86. The molecule has 0 aliphatic carbocycles. The van der Waals surface area contributed by atoms with E-state index >= 15 is 0 Å². The summed E-state index contributed by atoms with van der Waals surface area (Å²) in [5.41, 5.74) is 0.693. The number of imidazole rings is 1. The van der Waals surface area contributed by atoms with Crippen LogP contribution in [0.3, 0.4) is 0 Å². The van der Waals surface area contributed by atoms with Crippen molar-refractivity contribution in [3.05, 3.63) is 42.1 Å². The number of methoxy groups -OCH3 is 1. The van der Waals surface area contributed by atoms with Crippen molar-refractivity contribution in [2.45, 2.75) is 30.3 Å². The molecular weight excluding hydrogens is 336 g/mol. The highest BCUT2D eigenvalue weighted by molar-refractivity contribution is 7.98. The quantitative estimate of drug-likeness (QED) is 0.741. The molecule has 3 heterocycles. The van der Waals surface area contributed by atoms with Gasteiger partial charge < -0.3 is 14.2 Å². The zero-order valence-corrected chi connectivity index (χ0v) is 15.5. The molecule has 1 atom stereocenters. The summed E-state index contributed by atoms with van der Waals surface area (Å²) in [5, 5.41) is 0.788. The maximum absolute atomic E-state index is 13.0. The summed E-state index contributed by atoms with van der Waals surface area (Å²) in [5.74, 6) is 1.38. The maximum atomic E-state index is 13.0. The summed E-state index contributed by atoms with van der Waals surface area (Å²) in [7, 11) is 1.70. The third-order valence-electron chi connectivity index (χ3n) is 4.55. The van der Waals surface area contributed by atoms with Crippen LogP contribution in [0.1, 0.15) is 34.9 Å². The van der Waals surface area contributed by atoms with E-state index < -0.39 is 0 Å². The average Bonchev–Trinajstić information content (AvgIpc) is 3.14. The van der Waals surface area contributed by atoms with Gasteiger partial charge in [0.15, 0.2) is 0 Å². The first-order chi connectivity index (χ1) is 12.2. The number of likely N-dealkylation sites (tertiary alicyclic amines) is 1. The Morgan fingerprint density at radius 2 is 2.28 bits per heavy atom. The predicted octanol–water partition coefficient (Wildman–Crippen LogP) is 2.67. The molecule has 1 unspecified atom stereocenters. The second-order valence-electron chi connectivity index (χ2n) is 6.12. The highest BCUT2D eigenvalue weighted by Gasteiger charge is 2.29. The Hall–Kier alpha value is -1.86. The number of thioether (sulfide) groups is 1. The smallest absolute Gasteiger partial charge is 0.256 e. The fraction of sp³-hybridized carbons (Fsp3) is 0.500. The van der Waals surface area contributed by atoms with Crippen molar-refractivity contribution < 1.29 is 9.53 Å². The molecule has 0 saturated carbocycles. The molecule has 134 valence electrons. The molecule has 1 aliphatic rings. The monoisotopic (exact) mass is 360 g/mol. The Kier molecular flexibility index (Phi) is 6.09. The number of amides is 1. The van der Waals surface area contributed by atoms with Crippen molar-refractivity contribution >= 4 is 17.7 Å². The summed E-state index contributed by atoms with van der Waals surface area (Å²) in [6, 6.07) is 3.69. The van der Waals surface area contributed by atoms with E-state index in [0.29, 0.717) is 18.7 Å². The molecule has 0 aromatic carbocycles. The number of ether oxygens (including phenoxy) is 1. The third kappa shape index (κ3) is 4.04. The van der Waals surface area contributed by atoms with Gasteiger partial charge in [-0.1, -0.05) is 0 Å². The Balaban J connectivity index is 1.75. The average molecular weight is 360 g/mol. The third-order valence-corrected chi connectivity index (χ3v) is 5.26. The largest absolute Gasteiger partial charge is 0.383 e. The van der Waals surface area contributed by atoms with Gasteiger partial charge in [-0.3, -0.25) is 4.79 Å². The molecule has 0 radical (unpaired) electrons. The summed E-state index contributed by atoms with van der Waals surface area (Å²) in [6.45, 7) is 2.93. The van der Waals surface area contributed by atoms with Crippen molar-refractivity contribution in [3.63, 3.8) is 0 Å². The molecular formula is C18H24N4O2S. The molecule has 0 spiro atoms. The Morgan fingerprint density at radius 3 is 3.08 bits per heavy atom. The van der Waals surface area contributed by atoms with Crippen molar-refractivity contribution in [1.82, 2.24) is 19.4 Å². The number of nitrogens with zero attached hydrogens (tertiary/aromatic N) is 4. The van der Waals surface area contributed by atoms with Crippen LogP contribution in [0.4, 0.5) is 0 Å². The van der Waals surface area contributed by atoms with Crippen LogP contribution in [0.2, 0.25) is 0 Å². The van der Waals surface area contributed by atoms with Gasteiger partial charge in [-0.15, -0.1) is 11.8 Å². The molecule has 1 saturated heterocycles. The molecule has 25 heavy (non-hydrogen) atoms. The van der Waals surface area contributed by atoms with E-state index in [2.05, 4.69) is 14.5 Å². The number of hydrogen-bond donors (Lipinski definition) is 0. The van der Waals surface area contributed by atoms with Crippen LogP contribution in [-0.4, -0.2) is 58.4 Å². The number of hydrogen-bond acceptors (Lipinski definition) is 5. The van der Waals surface area contributed by atoms with Gasteiger partial charge in [0.25, 0.3) is 5.91 Å². The first-order valence-electron chi connectivity index (χ1n) is 8.52. The van der Waals surface area contributed by atoms with Gasteiger partial charge in [0.2, 0.25) is 0 Å². The second kappa shape index (κ2) is 8.49. The lowest BCUT2D eigenvalue weighted by Gasteiger charge is -2.33. The number of carbonyl (C=O) groups is 1. The van der Waals surface area contributed by atoms with Crippen LogP contribution in [0, 0.1) is 0 Å². The Labute approximate surface area is 152 Å². The normalized spacial score (nSPS) is 17.7. The molecule has 0 bridgehead atoms. The molecule has 0 N–H and O–H groups in total. The lowest BCUT2D eigenvalue weighted by Crippen LogP contribution is -2.40. The molecule has 6 nitrogen and oxygen atoms in total. The zero-order valence-electron chi connectivity index (χ0n) is 14.7. The highest BCUT2D eigenvalue weighted by Crippen LogP contribution is 2.28. The van der Waals surface area contributed by atoms with E-state index in [1.165, 1.54) is 11.8 Å². The van der Waals surface area contributed by atoms with Gasteiger partial charge in [0, 0.05) is 51.3 Å². The van der Waals surface area contributed by atoms with E-state index in [9.17, 15) is 4.79 Å². The van der Waals surface area contributed by atoms with Gasteiger partial charge in [0.05, 0.1) is 12.2 Å². The first-order valence-corrected chi connectivity index (χ1v) is 9.75. The lowest BCUT2D eigenvalue weighted by atomic mass is 9.96. The van der Waals surface area contributed by atoms with Gasteiger partial charge in [-0.25, -0.2) is 9.97 Å². The number of carbonyl (C=O) groups excluding carboxylic acids is 1. The number of piperidine rings is 1. The predicted molar refractivity (Wildman–Crippen MR) is 98.0 cm³/mol. The van der Waals surface area contributed by atoms with Crippen LogP contribution >= 0.6 is 11.8 Å². The van der Waals surface area contributed by atoms with Crippen molar-refractivity contribution in [2.24, 2.45) is 0 Å². The molecule has 1 fully saturated rings. The fourth-order valence-electron chi connectivity index (χ4n) is 3.32. The second-order valence-corrected chi connectivity index (χ2v) is 6.92. The van der Waals surface area contributed by atoms with E-state index in [0.717, 1.165) is 36.8 Å². The summed E-state index contributed by atoms with van der Waals surface area (Å²) < 4.78 is 7.32. The van der Waals surface area contributed by atoms with E-state index in [-0.39, 0.29) is 11.8 Å². The van der Waals surface area contributed by atoms with E-state index in [4.69, 9.17) is 4.74 Å². The Bertz CT molecular complexity index is 719. The summed E-state index contributed by atoms with van der Waals surface area (Å²) in [4.78, 5) is 23.8. The standard InChI is InChI=1S/C18H24N4O2S/c1-24-12-11-21-10-8-19-16(21)14-5-4-9-22(13-14)18(23)15-6-3-7-20-17(15)25-2/h3,6-8,10,14H,4-5,9,11-13H2,1-2H3. The van der Waals surface area contributed by atoms with Crippen LogP contribution in [0.25, 0.3) is 0 Å². The molecule has 1 aliphatic heterocycles. The summed E-state index contributed by atoms with van der Waals surface area (Å²) >= 11 is 1.51. The molecule has 7 heteroatoms. The first kappa shape index (κ1) is 17.9. The van der Waals surface area contributed by atoms with Crippen molar-refractivity contribution in [1.29, 1.82) is 0 Å². The number of rotatable bonds is 6. The lowest BCUT2D eigenvalue weighted by molar-refractivity contribution is 0.0698. The minimum Gasteiger partial charge on any atom is -0.383 e.